The molecule has 7 heteroatoms. The van der Waals surface area contributed by atoms with Crippen LogP contribution in [-0.4, -0.2) is 43.9 Å². The minimum Gasteiger partial charge on any atom is -0.355 e. The van der Waals surface area contributed by atoms with Crippen molar-refractivity contribution in [2.24, 2.45) is 10.9 Å². The molecule has 22 heavy (non-hydrogen) atoms. The van der Waals surface area contributed by atoms with Crippen molar-refractivity contribution in [2.75, 3.05) is 20.1 Å². The van der Waals surface area contributed by atoms with E-state index in [2.05, 4.69) is 41.7 Å². The van der Waals surface area contributed by atoms with Crippen LogP contribution in [-0.2, 0) is 0 Å². The summed E-state index contributed by atoms with van der Waals surface area (Å²) in [5.41, 5.74) is 0.0641. The highest BCUT2D eigenvalue weighted by atomic mass is 19.4. The number of hydrogen-bond acceptors (Lipinski definition) is 2. The van der Waals surface area contributed by atoms with E-state index in [1.165, 1.54) is 0 Å². The van der Waals surface area contributed by atoms with Gasteiger partial charge in [0, 0.05) is 31.7 Å². The SMILES string of the molecule is CN=C(NCCNC(C)(C)C)NC1CCC(C(F)(F)F)CC1. The van der Waals surface area contributed by atoms with Crippen LogP contribution in [0.4, 0.5) is 13.2 Å². The molecule has 0 aliphatic heterocycles. The van der Waals surface area contributed by atoms with Crippen LogP contribution in [0.25, 0.3) is 0 Å². The van der Waals surface area contributed by atoms with Gasteiger partial charge < -0.3 is 16.0 Å². The summed E-state index contributed by atoms with van der Waals surface area (Å²) in [7, 11) is 1.67. The zero-order valence-electron chi connectivity index (χ0n) is 14.0. The summed E-state index contributed by atoms with van der Waals surface area (Å²) in [6.45, 7) is 7.80. The number of guanidine groups is 1. The van der Waals surface area contributed by atoms with Crippen molar-refractivity contribution in [1.29, 1.82) is 0 Å². The molecule has 1 fully saturated rings. The van der Waals surface area contributed by atoms with Crippen LogP contribution in [0.15, 0.2) is 4.99 Å². The van der Waals surface area contributed by atoms with E-state index in [0.717, 1.165) is 13.1 Å². The number of alkyl halides is 3. The largest absolute Gasteiger partial charge is 0.391 e. The average Bonchev–Trinajstić information content (AvgIpc) is 2.40. The van der Waals surface area contributed by atoms with Gasteiger partial charge in [0.25, 0.3) is 0 Å². The molecule has 130 valence electrons. The quantitative estimate of drug-likeness (QED) is 0.424. The lowest BCUT2D eigenvalue weighted by molar-refractivity contribution is -0.182. The summed E-state index contributed by atoms with van der Waals surface area (Å²) >= 11 is 0. The van der Waals surface area contributed by atoms with Crippen molar-refractivity contribution in [3.05, 3.63) is 0 Å². The van der Waals surface area contributed by atoms with Gasteiger partial charge in [0.2, 0.25) is 0 Å². The fourth-order valence-corrected chi connectivity index (χ4v) is 2.57. The molecule has 1 aliphatic rings. The monoisotopic (exact) mass is 322 g/mol. The number of hydrogen-bond donors (Lipinski definition) is 3. The normalized spacial score (nSPS) is 24.2. The number of nitrogens with zero attached hydrogens (tertiary/aromatic N) is 1. The summed E-state index contributed by atoms with van der Waals surface area (Å²) in [5, 5.41) is 9.76. The first-order valence-electron chi connectivity index (χ1n) is 7.91. The Labute approximate surface area is 131 Å². The predicted octanol–water partition coefficient (Wildman–Crippen LogP) is 2.66. The van der Waals surface area contributed by atoms with Crippen molar-refractivity contribution in [2.45, 2.75) is 64.2 Å². The van der Waals surface area contributed by atoms with E-state index in [-0.39, 0.29) is 24.4 Å². The van der Waals surface area contributed by atoms with Gasteiger partial charge in [-0.3, -0.25) is 4.99 Å². The Hall–Kier alpha value is -0.980. The van der Waals surface area contributed by atoms with Crippen LogP contribution >= 0.6 is 0 Å². The number of halogens is 3. The zero-order chi connectivity index (χ0) is 16.8. The molecule has 0 heterocycles. The second kappa shape index (κ2) is 8.04. The topological polar surface area (TPSA) is 48.5 Å². The van der Waals surface area contributed by atoms with Gasteiger partial charge in [-0.05, 0) is 46.5 Å². The lowest BCUT2D eigenvalue weighted by Gasteiger charge is -2.31. The lowest BCUT2D eigenvalue weighted by atomic mass is 9.85. The third kappa shape index (κ3) is 7.33. The van der Waals surface area contributed by atoms with E-state index >= 15 is 0 Å². The predicted molar refractivity (Wildman–Crippen MR) is 84.1 cm³/mol. The zero-order valence-corrected chi connectivity index (χ0v) is 14.0. The molecule has 0 unspecified atom stereocenters. The van der Waals surface area contributed by atoms with Crippen molar-refractivity contribution in [3.8, 4) is 0 Å². The van der Waals surface area contributed by atoms with Crippen LogP contribution in [0.2, 0.25) is 0 Å². The molecule has 1 saturated carbocycles. The Morgan fingerprint density at radius 1 is 1.05 bits per heavy atom. The van der Waals surface area contributed by atoms with Crippen molar-refractivity contribution >= 4 is 5.96 Å². The Morgan fingerprint density at radius 3 is 2.09 bits per heavy atom. The van der Waals surface area contributed by atoms with Gasteiger partial charge in [-0.25, -0.2) is 0 Å². The minimum atomic E-state index is -4.05. The Kier molecular flexibility index (Phi) is 6.97. The third-order valence-electron chi connectivity index (χ3n) is 3.83. The van der Waals surface area contributed by atoms with E-state index < -0.39 is 12.1 Å². The summed E-state index contributed by atoms with van der Waals surface area (Å²) in [4.78, 5) is 4.13. The highest BCUT2D eigenvalue weighted by Gasteiger charge is 2.41. The maximum absolute atomic E-state index is 12.6. The first-order valence-corrected chi connectivity index (χ1v) is 7.91. The lowest BCUT2D eigenvalue weighted by Crippen LogP contribution is -2.48. The number of aliphatic imine (C=N–C) groups is 1. The van der Waals surface area contributed by atoms with E-state index in [1.54, 1.807) is 7.05 Å². The molecule has 0 aromatic carbocycles. The summed E-state index contributed by atoms with van der Waals surface area (Å²) in [6.07, 6.45) is -2.59. The molecule has 3 N–H and O–H groups in total. The molecular formula is C15H29F3N4. The second-order valence-corrected chi connectivity index (χ2v) is 6.91. The molecule has 0 spiro atoms. The molecule has 0 bridgehead atoms. The maximum Gasteiger partial charge on any atom is 0.391 e. The molecule has 0 saturated heterocycles. The number of nitrogens with one attached hydrogen (secondary N) is 3. The fraction of sp³-hybridized carbons (Fsp3) is 0.933. The molecule has 0 atom stereocenters. The summed E-state index contributed by atoms with van der Waals surface area (Å²) < 4.78 is 37.9. The highest BCUT2D eigenvalue weighted by molar-refractivity contribution is 5.79. The van der Waals surface area contributed by atoms with Gasteiger partial charge in [-0.1, -0.05) is 0 Å². The average molecular weight is 322 g/mol. The third-order valence-corrected chi connectivity index (χ3v) is 3.83. The molecule has 0 radical (unpaired) electrons. The first kappa shape index (κ1) is 19.1. The van der Waals surface area contributed by atoms with E-state index in [9.17, 15) is 13.2 Å². The molecule has 4 nitrogen and oxygen atoms in total. The summed E-state index contributed by atoms with van der Waals surface area (Å²) in [6, 6.07) is 0.0698. The number of rotatable bonds is 4. The first-order chi connectivity index (χ1) is 10.1. The maximum atomic E-state index is 12.6. The fourth-order valence-electron chi connectivity index (χ4n) is 2.57. The minimum absolute atomic E-state index is 0.0641. The van der Waals surface area contributed by atoms with Gasteiger partial charge in [0.05, 0.1) is 5.92 Å². The smallest absolute Gasteiger partial charge is 0.355 e. The summed E-state index contributed by atoms with van der Waals surface area (Å²) in [5.74, 6) is -0.484. The molecule has 0 aromatic rings. The van der Waals surface area contributed by atoms with Gasteiger partial charge in [0.15, 0.2) is 5.96 Å². The van der Waals surface area contributed by atoms with Gasteiger partial charge in [-0.15, -0.1) is 0 Å². The van der Waals surface area contributed by atoms with Gasteiger partial charge in [0.1, 0.15) is 0 Å². The van der Waals surface area contributed by atoms with Crippen LogP contribution in [0.5, 0.6) is 0 Å². The standard InChI is InChI=1S/C15H29F3N4/c1-14(2,3)21-10-9-20-13(19-4)22-12-7-5-11(6-8-12)15(16,17)18/h11-12,21H,5-10H2,1-4H3,(H2,19,20,22). The molecule has 0 amide bonds. The molecule has 1 rings (SSSR count). The van der Waals surface area contributed by atoms with E-state index in [4.69, 9.17) is 0 Å². The van der Waals surface area contributed by atoms with Gasteiger partial charge >= 0.3 is 6.18 Å². The van der Waals surface area contributed by atoms with E-state index in [0.29, 0.717) is 18.8 Å². The van der Waals surface area contributed by atoms with Crippen LogP contribution in [0, 0.1) is 5.92 Å². The van der Waals surface area contributed by atoms with Crippen molar-refractivity contribution < 1.29 is 13.2 Å². The van der Waals surface area contributed by atoms with Crippen LogP contribution in [0.1, 0.15) is 46.5 Å². The second-order valence-electron chi connectivity index (χ2n) is 6.91. The van der Waals surface area contributed by atoms with Gasteiger partial charge in [-0.2, -0.15) is 13.2 Å². The Morgan fingerprint density at radius 2 is 1.64 bits per heavy atom. The van der Waals surface area contributed by atoms with Crippen molar-refractivity contribution in [3.63, 3.8) is 0 Å². The molecular weight excluding hydrogens is 293 g/mol. The van der Waals surface area contributed by atoms with Crippen molar-refractivity contribution in [1.82, 2.24) is 16.0 Å². The molecule has 1 aliphatic carbocycles. The Bertz CT molecular complexity index is 353. The Balaban J connectivity index is 2.27. The van der Waals surface area contributed by atoms with E-state index in [1.807, 2.05) is 0 Å². The molecule has 0 aromatic heterocycles. The van der Waals surface area contributed by atoms with Crippen LogP contribution in [0.3, 0.4) is 0 Å². The highest BCUT2D eigenvalue weighted by Crippen LogP contribution is 2.37. The van der Waals surface area contributed by atoms with Crippen LogP contribution < -0.4 is 16.0 Å².